The van der Waals surface area contributed by atoms with Crippen LogP contribution in [-0.4, -0.2) is 19.0 Å². The van der Waals surface area contributed by atoms with Gasteiger partial charge in [-0.15, -0.1) is 24.0 Å². The van der Waals surface area contributed by atoms with Gasteiger partial charge in [-0.25, -0.2) is 4.99 Å². The maximum Gasteiger partial charge on any atom is 0.191 e. The fourth-order valence-electron chi connectivity index (χ4n) is 3.19. The molecule has 24 heavy (non-hydrogen) atoms. The summed E-state index contributed by atoms with van der Waals surface area (Å²) >= 11 is 0. The molecule has 0 radical (unpaired) electrons. The zero-order valence-corrected chi connectivity index (χ0v) is 16.5. The Morgan fingerprint density at radius 3 is 2.88 bits per heavy atom. The standard InChI is InChI=1S/C19H25N3O.HI/c1-2-20-19(22-14-17-10-6-12-23-17)21-13-16-9-5-8-15-7-3-4-11-18(15)16;/h3-4,6-7,10-12,16H,2,5,8-9,13-14H2,1H3,(H2,20,21,22);1H. The molecule has 2 aromatic rings. The number of aryl methyl sites for hydroxylation is 1. The topological polar surface area (TPSA) is 49.6 Å². The first-order valence-corrected chi connectivity index (χ1v) is 8.49. The predicted octanol–water partition coefficient (Wildman–Crippen LogP) is 4.07. The summed E-state index contributed by atoms with van der Waals surface area (Å²) in [7, 11) is 0. The Labute approximate surface area is 161 Å². The number of hydrogen-bond donors (Lipinski definition) is 2. The van der Waals surface area contributed by atoms with Crippen LogP contribution >= 0.6 is 24.0 Å². The smallest absolute Gasteiger partial charge is 0.191 e. The minimum atomic E-state index is 0. The maximum atomic E-state index is 5.34. The largest absolute Gasteiger partial charge is 0.467 e. The van der Waals surface area contributed by atoms with Gasteiger partial charge in [-0.05, 0) is 49.4 Å². The van der Waals surface area contributed by atoms with Gasteiger partial charge in [0.2, 0.25) is 0 Å². The Bertz CT molecular complexity index is 640. The monoisotopic (exact) mass is 439 g/mol. The van der Waals surface area contributed by atoms with E-state index in [9.17, 15) is 0 Å². The first-order chi connectivity index (χ1) is 11.4. The first-order valence-electron chi connectivity index (χ1n) is 8.49. The van der Waals surface area contributed by atoms with Crippen molar-refractivity contribution in [3.63, 3.8) is 0 Å². The molecule has 4 nitrogen and oxygen atoms in total. The molecule has 0 saturated carbocycles. The lowest BCUT2D eigenvalue weighted by atomic mass is 9.83. The van der Waals surface area contributed by atoms with Crippen LogP contribution in [0.4, 0.5) is 0 Å². The molecule has 0 fully saturated rings. The maximum absolute atomic E-state index is 5.34. The zero-order valence-electron chi connectivity index (χ0n) is 14.1. The Morgan fingerprint density at radius 1 is 1.21 bits per heavy atom. The molecule has 0 aliphatic heterocycles. The fraction of sp³-hybridized carbons (Fsp3) is 0.421. The fourth-order valence-corrected chi connectivity index (χ4v) is 3.19. The molecule has 2 N–H and O–H groups in total. The quantitative estimate of drug-likeness (QED) is 0.420. The lowest BCUT2D eigenvalue weighted by molar-refractivity contribution is 0.510. The van der Waals surface area contributed by atoms with Crippen molar-refractivity contribution >= 4 is 29.9 Å². The lowest BCUT2D eigenvalue weighted by Gasteiger charge is -2.26. The number of halogens is 1. The Hall–Kier alpha value is -1.50. The van der Waals surface area contributed by atoms with E-state index in [1.807, 2.05) is 12.1 Å². The molecule has 0 spiro atoms. The van der Waals surface area contributed by atoms with Gasteiger partial charge in [-0.3, -0.25) is 0 Å². The number of benzene rings is 1. The molecule has 0 saturated heterocycles. The highest BCUT2D eigenvalue weighted by molar-refractivity contribution is 14.0. The van der Waals surface area contributed by atoms with Crippen molar-refractivity contribution in [1.82, 2.24) is 10.6 Å². The molecule has 130 valence electrons. The third kappa shape index (κ3) is 5.00. The van der Waals surface area contributed by atoms with E-state index in [-0.39, 0.29) is 24.0 Å². The van der Waals surface area contributed by atoms with Gasteiger partial charge in [0.15, 0.2) is 5.96 Å². The van der Waals surface area contributed by atoms with Gasteiger partial charge < -0.3 is 15.1 Å². The Balaban J connectivity index is 0.00000208. The highest BCUT2D eigenvalue weighted by atomic mass is 127. The molecule has 1 aromatic carbocycles. The summed E-state index contributed by atoms with van der Waals surface area (Å²) in [5.41, 5.74) is 3.00. The summed E-state index contributed by atoms with van der Waals surface area (Å²) in [6.07, 6.45) is 5.40. The van der Waals surface area contributed by atoms with Crippen LogP contribution < -0.4 is 10.6 Å². The van der Waals surface area contributed by atoms with Crippen molar-refractivity contribution in [1.29, 1.82) is 0 Å². The number of hydrogen-bond acceptors (Lipinski definition) is 2. The van der Waals surface area contributed by atoms with E-state index in [0.29, 0.717) is 12.5 Å². The van der Waals surface area contributed by atoms with E-state index in [2.05, 4.69) is 46.8 Å². The molecule has 1 heterocycles. The number of nitrogens with one attached hydrogen (secondary N) is 2. The average molecular weight is 439 g/mol. The number of guanidine groups is 1. The van der Waals surface area contributed by atoms with Gasteiger partial charge in [-0.1, -0.05) is 24.3 Å². The summed E-state index contributed by atoms with van der Waals surface area (Å²) in [5.74, 6) is 2.30. The minimum absolute atomic E-state index is 0. The van der Waals surface area contributed by atoms with E-state index in [1.165, 1.54) is 30.4 Å². The second-order valence-electron chi connectivity index (χ2n) is 5.94. The molecule has 5 heteroatoms. The molecule has 1 aliphatic carbocycles. The van der Waals surface area contributed by atoms with Gasteiger partial charge in [0.05, 0.1) is 6.26 Å². The second-order valence-corrected chi connectivity index (χ2v) is 5.94. The number of fused-ring (bicyclic) bond motifs is 1. The van der Waals surface area contributed by atoms with E-state index >= 15 is 0 Å². The number of nitrogens with zero attached hydrogens (tertiary/aromatic N) is 1. The van der Waals surface area contributed by atoms with Gasteiger partial charge in [0, 0.05) is 19.0 Å². The zero-order chi connectivity index (χ0) is 15.9. The van der Waals surface area contributed by atoms with Gasteiger partial charge in [-0.2, -0.15) is 0 Å². The van der Waals surface area contributed by atoms with Crippen molar-refractivity contribution in [3.05, 3.63) is 59.5 Å². The van der Waals surface area contributed by atoms with Crippen LogP contribution in [0.25, 0.3) is 0 Å². The van der Waals surface area contributed by atoms with Crippen LogP contribution in [0.5, 0.6) is 0 Å². The third-order valence-electron chi connectivity index (χ3n) is 4.33. The number of aliphatic imine (C=N–C) groups is 1. The SMILES string of the molecule is CCNC(=NCc1ccco1)NCC1CCCc2ccccc21.I. The van der Waals surface area contributed by atoms with Crippen LogP contribution in [-0.2, 0) is 13.0 Å². The minimum Gasteiger partial charge on any atom is -0.467 e. The summed E-state index contributed by atoms with van der Waals surface area (Å²) in [5, 5.41) is 6.80. The molecule has 1 aromatic heterocycles. The molecule has 3 rings (SSSR count). The van der Waals surface area contributed by atoms with Crippen molar-refractivity contribution in [2.75, 3.05) is 13.1 Å². The summed E-state index contributed by atoms with van der Waals surface area (Å²) in [6, 6.07) is 12.7. The van der Waals surface area contributed by atoms with Gasteiger partial charge in [0.1, 0.15) is 12.3 Å². The van der Waals surface area contributed by atoms with E-state index < -0.39 is 0 Å². The molecular weight excluding hydrogens is 413 g/mol. The highest BCUT2D eigenvalue weighted by Gasteiger charge is 2.19. The first kappa shape index (κ1) is 18.8. The van der Waals surface area contributed by atoms with Crippen molar-refractivity contribution in [2.45, 2.75) is 38.6 Å². The lowest BCUT2D eigenvalue weighted by Crippen LogP contribution is -2.39. The summed E-state index contributed by atoms with van der Waals surface area (Å²) in [4.78, 5) is 4.60. The van der Waals surface area contributed by atoms with Crippen molar-refractivity contribution in [3.8, 4) is 0 Å². The highest BCUT2D eigenvalue weighted by Crippen LogP contribution is 2.30. The molecular formula is C19H26IN3O. The molecule has 1 unspecified atom stereocenters. The third-order valence-corrected chi connectivity index (χ3v) is 4.33. The number of furan rings is 1. The summed E-state index contributed by atoms with van der Waals surface area (Å²) < 4.78 is 5.34. The van der Waals surface area contributed by atoms with Crippen LogP contribution in [0.3, 0.4) is 0 Å². The van der Waals surface area contributed by atoms with Crippen LogP contribution in [0, 0.1) is 0 Å². The molecule has 0 bridgehead atoms. The molecule has 1 aliphatic rings. The van der Waals surface area contributed by atoms with Crippen LogP contribution in [0.1, 0.15) is 42.6 Å². The van der Waals surface area contributed by atoms with E-state index in [1.54, 1.807) is 6.26 Å². The predicted molar refractivity (Wildman–Crippen MR) is 109 cm³/mol. The van der Waals surface area contributed by atoms with Gasteiger partial charge in [0.25, 0.3) is 0 Å². The molecule has 1 atom stereocenters. The number of rotatable bonds is 5. The second kappa shape index (κ2) is 9.71. The van der Waals surface area contributed by atoms with Gasteiger partial charge >= 0.3 is 0 Å². The van der Waals surface area contributed by atoms with E-state index in [4.69, 9.17) is 4.42 Å². The van der Waals surface area contributed by atoms with Crippen molar-refractivity contribution < 1.29 is 4.42 Å². The molecule has 0 amide bonds. The average Bonchev–Trinajstić information content (AvgIpc) is 3.11. The Kier molecular flexibility index (Phi) is 7.62. The summed E-state index contributed by atoms with van der Waals surface area (Å²) in [6.45, 7) is 4.41. The van der Waals surface area contributed by atoms with Crippen molar-refractivity contribution in [2.24, 2.45) is 4.99 Å². The van der Waals surface area contributed by atoms with Crippen LogP contribution in [0.15, 0.2) is 52.1 Å². The Morgan fingerprint density at radius 2 is 2.08 bits per heavy atom. The normalized spacial score (nSPS) is 16.9. The van der Waals surface area contributed by atoms with Crippen LogP contribution in [0.2, 0.25) is 0 Å². The van der Waals surface area contributed by atoms with E-state index in [0.717, 1.165) is 24.8 Å².